The van der Waals surface area contributed by atoms with Gasteiger partial charge in [0, 0.05) is 19.6 Å². The quantitative estimate of drug-likeness (QED) is 0.620. The summed E-state index contributed by atoms with van der Waals surface area (Å²) in [5.41, 5.74) is 8.64. The van der Waals surface area contributed by atoms with Crippen molar-refractivity contribution in [2.45, 2.75) is 20.8 Å². The van der Waals surface area contributed by atoms with Gasteiger partial charge in [0.05, 0.1) is 0 Å². The number of rotatable bonds is 3. The van der Waals surface area contributed by atoms with Crippen molar-refractivity contribution < 1.29 is 0 Å². The molecular weight excluding hydrogens is 148 g/mol. The summed E-state index contributed by atoms with van der Waals surface area (Å²) < 4.78 is 0. The summed E-state index contributed by atoms with van der Waals surface area (Å²) in [6, 6.07) is 0. The van der Waals surface area contributed by atoms with E-state index in [1.165, 1.54) is 5.57 Å². The Kier molecular flexibility index (Phi) is 3.29. The molecule has 1 rings (SSSR count). The van der Waals surface area contributed by atoms with Crippen molar-refractivity contribution >= 4 is 0 Å². The predicted molar refractivity (Wildman–Crippen MR) is 53.0 cm³/mol. The smallest absolute Gasteiger partial charge is 0.0183 e. The maximum atomic E-state index is 5.66. The second-order valence-electron chi connectivity index (χ2n) is 3.97. The zero-order chi connectivity index (χ0) is 9.14. The van der Waals surface area contributed by atoms with Gasteiger partial charge in [-0.3, -0.25) is 0 Å². The van der Waals surface area contributed by atoms with Gasteiger partial charge in [-0.1, -0.05) is 26.3 Å². The van der Waals surface area contributed by atoms with E-state index >= 15 is 0 Å². The van der Waals surface area contributed by atoms with Crippen molar-refractivity contribution in [3.63, 3.8) is 0 Å². The van der Waals surface area contributed by atoms with E-state index in [0.717, 1.165) is 25.6 Å². The molecule has 0 aliphatic carbocycles. The van der Waals surface area contributed by atoms with Crippen molar-refractivity contribution in [1.82, 2.24) is 5.32 Å². The third-order valence-corrected chi connectivity index (χ3v) is 2.90. The normalized spacial score (nSPS) is 20.8. The van der Waals surface area contributed by atoms with Crippen LogP contribution in [0.1, 0.15) is 20.8 Å². The zero-order valence-corrected chi connectivity index (χ0v) is 8.35. The van der Waals surface area contributed by atoms with Gasteiger partial charge in [0.1, 0.15) is 0 Å². The summed E-state index contributed by atoms with van der Waals surface area (Å²) in [6.45, 7) is 9.60. The van der Waals surface area contributed by atoms with Crippen LogP contribution in [-0.2, 0) is 0 Å². The van der Waals surface area contributed by atoms with Crippen molar-refractivity contribution in [2.24, 2.45) is 17.6 Å². The topological polar surface area (TPSA) is 38.0 Å². The average molecular weight is 168 g/mol. The molecule has 2 heteroatoms. The second kappa shape index (κ2) is 4.06. The van der Waals surface area contributed by atoms with Crippen LogP contribution in [0.25, 0.3) is 0 Å². The average Bonchev–Trinajstić information content (AvgIpc) is 2.49. The Labute approximate surface area is 75.2 Å². The van der Waals surface area contributed by atoms with Gasteiger partial charge in [0.2, 0.25) is 0 Å². The molecule has 1 aliphatic rings. The maximum absolute atomic E-state index is 5.66. The minimum Gasteiger partial charge on any atom is -0.327 e. The van der Waals surface area contributed by atoms with Gasteiger partial charge >= 0.3 is 0 Å². The predicted octanol–water partition coefficient (Wildman–Crippen LogP) is 1.14. The molecule has 0 amide bonds. The van der Waals surface area contributed by atoms with E-state index in [2.05, 4.69) is 26.1 Å². The Morgan fingerprint density at radius 1 is 1.33 bits per heavy atom. The standard InChI is InChI=1S/C10H20N2/c1-7(2)8(3)10-6-12-5-9(10)4-11/h7-8,12H,4-6,11H2,1-3H3. The fourth-order valence-corrected chi connectivity index (χ4v) is 1.68. The van der Waals surface area contributed by atoms with E-state index in [1.807, 2.05) is 0 Å². The summed E-state index contributed by atoms with van der Waals surface area (Å²) in [5, 5.41) is 3.36. The second-order valence-corrected chi connectivity index (χ2v) is 3.97. The third-order valence-electron chi connectivity index (χ3n) is 2.90. The van der Waals surface area contributed by atoms with Crippen LogP contribution in [0, 0.1) is 11.8 Å². The van der Waals surface area contributed by atoms with Crippen LogP contribution in [0.15, 0.2) is 11.1 Å². The number of nitrogens with one attached hydrogen (secondary N) is 1. The molecule has 1 heterocycles. The monoisotopic (exact) mass is 168 g/mol. The molecule has 0 aromatic carbocycles. The molecule has 0 bridgehead atoms. The van der Waals surface area contributed by atoms with Crippen LogP contribution in [-0.4, -0.2) is 19.6 Å². The lowest BCUT2D eigenvalue weighted by atomic mass is 9.88. The fraction of sp³-hybridized carbons (Fsp3) is 0.800. The summed E-state index contributed by atoms with van der Waals surface area (Å²) >= 11 is 0. The van der Waals surface area contributed by atoms with Gasteiger partial charge in [0.25, 0.3) is 0 Å². The van der Waals surface area contributed by atoms with Crippen LogP contribution in [0.3, 0.4) is 0 Å². The molecule has 0 aromatic rings. The Hall–Kier alpha value is -0.340. The van der Waals surface area contributed by atoms with Gasteiger partial charge in [-0.25, -0.2) is 0 Å². The molecule has 12 heavy (non-hydrogen) atoms. The fourth-order valence-electron chi connectivity index (χ4n) is 1.68. The highest BCUT2D eigenvalue weighted by molar-refractivity contribution is 5.25. The van der Waals surface area contributed by atoms with Gasteiger partial charge in [-0.15, -0.1) is 0 Å². The van der Waals surface area contributed by atoms with Gasteiger partial charge in [0.15, 0.2) is 0 Å². The Bertz CT molecular complexity index is 182. The molecule has 0 fully saturated rings. The molecule has 1 unspecified atom stereocenters. The molecule has 1 aliphatic heterocycles. The highest BCUT2D eigenvalue weighted by atomic mass is 14.9. The van der Waals surface area contributed by atoms with Gasteiger partial charge in [-0.05, 0) is 17.4 Å². The van der Waals surface area contributed by atoms with Crippen molar-refractivity contribution in [3.8, 4) is 0 Å². The Morgan fingerprint density at radius 3 is 2.50 bits per heavy atom. The maximum Gasteiger partial charge on any atom is 0.0183 e. The molecular formula is C10H20N2. The Balaban J connectivity index is 2.71. The van der Waals surface area contributed by atoms with E-state index in [9.17, 15) is 0 Å². The van der Waals surface area contributed by atoms with Crippen molar-refractivity contribution in [1.29, 1.82) is 0 Å². The molecule has 3 N–H and O–H groups in total. The van der Waals surface area contributed by atoms with Crippen LogP contribution < -0.4 is 11.1 Å². The summed E-state index contributed by atoms with van der Waals surface area (Å²) in [7, 11) is 0. The molecule has 70 valence electrons. The van der Waals surface area contributed by atoms with Crippen LogP contribution >= 0.6 is 0 Å². The van der Waals surface area contributed by atoms with Crippen LogP contribution in [0.2, 0.25) is 0 Å². The minimum atomic E-state index is 0.679. The first-order chi connectivity index (χ1) is 5.66. The highest BCUT2D eigenvalue weighted by Crippen LogP contribution is 2.24. The van der Waals surface area contributed by atoms with E-state index in [4.69, 9.17) is 5.73 Å². The molecule has 0 aromatic heterocycles. The lowest BCUT2D eigenvalue weighted by molar-refractivity contribution is 0.473. The first-order valence-corrected chi connectivity index (χ1v) is 4.78. The van der Waals surface area contributed by atoms with Crippen molar-refractivity contribution in [3.05, 3.63) is 11.1 Å². The SMILES string of the molecule is CC(C)C(C)C1=C(CN)CNC1. The number of hydrogen-bond acceptors (Lipinski definition) is 2. The molecule has 0 spiro atoms. The molecule has 0 radical (unpaired) electrons. The summed E-state index contributed by atoms with van der Waals surface area (Å²) in [6.07, 6.45) is 0. The minimum absolute atomic E-state index is 0.679. The molecule has 0 saturated carbocycles. The van der Waals surface area contributed by atoms with Gasteiger partial charge in [-0.2, -0.15) is 0 Å². The number of hydrogen-bond donors (Lipinski definition) is 2. The molecule has 2 nitrogen and oxygen atoms in total. The third kappa shape index (κ3) is 1.87. The van der Waals surface area contributed by atoms with E-state index in [1.54, 1.807) is 5.57 Å². The summed E-state index contributed by atoms with van der Waals surface area (Å²) in [5.74, 6) is 1.40. The van der Waals surface area contributed by atoms with E-state index in [-0.39, 0.29) is 0 Å². The lowest BCUT2D eigenvalue weighted by Crippen LogP contribution is -2.14. The van der Waals surface area contributed by atoms with Crippen molar-refractivity contribution in [2.75, 3.05) is 19.6 Å². The summed E-state index contributed by atoms with van der Waals surface area (Å²) in [4.78, 5) is 0. The first kappa shape index (κ1) is 9.75. The zero-order valence-electron chi connectivity index (χ0n) is 8.35. The largest absolute Gasteiger partial charge is 0.327 e. The lowest BCUT2D eigenvalue weighted by Gasteiger charge is -2.18. The van der Waals surface area contributed by atoms with Crippen LogP contribution in [0.5, 0.6) is 0 Å². The molecule has 0 saturated heterocycles. The first-order valence-electron chi connectivity index (χ1n) is 4.78. The van der Waals surface area contributed by atoms with Gasteiger partial charge < -0.3 is 11.1 Å². The van der Waals surface area contributed by atoms with E-state index < -0.39 is 0 Å². The van der Waals surface area contributed by atoms with Crippen LogP contribution in [0.4, 0.5) is 0 Å². The molecule has 1 atom stereocenters. The Morgan fingerprint density at radius 2 is 2.00 bits per heavy atom. The highest BCUT2D eigenvalue weighted by Gasteiger charge is 2.20. The van der Waals surface area contributed by atoms with E-state index in [0.29, 0.717) is 5.92 Å². The number of nitrogens with two attached hydrogens (primary N) is 1.